The minimum absolute atomic E-state index is 0.0132. The van der Waals surface area contributed by atoms with Crippen LogP contribution in [-0.4, -0.2) is 16.6 Å². The second kappa shape index (κ2) is 5.48. The largest absolute Gasteiger partial charge is 0.385 e. The van der Waals surface area contributed by atoms with E-state index in [2.05, 4.69) is 6.26 Å². The van der Waals surface area contributed by atoms with Gasteiger partial charge in [0.25, 0.3) is 5.56 Å². The molecular weight excluding hydrogens is 244 g/mol. The SMILES string of the molecule is CSCCC(C)n1c(N)cc2ccccc2c1=O. The summed E-state index contributed by atoms with van der Waals surface area (Å²) in [6, 6.07) is 9.60. The molecule has 2 rings (SSSR count). The highest BCUT2D eigenvalue weighted by atomic mass is 32.2. The van der Waals surface area contributed by atoms with Crippen LogP contribution in [0.3, 0.4) is 0 Å². The minimum atomic E-state index is 0.0132. The number of hydrogen-bond donors (Lipinski definition) is 1. The van der Waals surface area contributed by atoms with Crippen LogP contribution in [-0.2, 0) is 0 Å². The number of nitrogens with two attached hydrogens (primary N) is 1. The third kappa shape index (κ3) is 2.38. The molecule has 2 aromatic rings. The maximum atomic E-state index is 12.4. The maximum absolute atomic E-state index is 12.4. The zero-order chi connectivity index (χ0) is 13.1. The first-order chi connectivity index (χ1) is 8.65. The molecule has 3 nitrogen and oxygen atoms in total. The van der Waals surface area contributed by atoms with Crippen molar-refractivity contribution in [3.63, 3.8) is 0 Å². The average molecular weight is 262 g/mol. The van der Waals surface area contributed by atoms with Gasteiger partial charge in [0, 0.05) is 11.4 Å². The van der Waals surface area contributed by atoms with Crippen LogP contribution in [0, 0.1) is 0 Å². The molecule has 0 saturated heterocycles. The number of thioether (sulfide) groups is 1. The Labute approximate surface area is 111 Å². The van der Waals surface area contributed by atoms with Crippen molar-refractivity contribution in [3.05, 3.63) is 40.7 Å². The Kier molecular flexibility index (Phi) is 3.97. The second-order valence-electron chi connectivity index (χ2n) is 4.46. The van der Waals surface area contributed by atoms with Gasteiger partial charge in [-0.3, -0.25) is 9.36 Å². The molecule has 96 valence electrons. The fourth-order valence-corrected chi connectivity index (χ4v) is 2.74. The van der Waals surface area contributed by atoms with E-state index in [0.717, 1.165) is 22.9 Å². The van der Waals surface area contributed by atoms with Crippen LogP contribution in [0.4, 0.5) is 5.82 Å². The quantitative estimate of drug-likeness (QED) is 0.921. The summed E-state index contributed by atoms with van der Waals surface area (Å²) in [5.41, 5.74) is 6.03. The van der Waals surface area contributed by atoms with Gasteiger partial charge in [-0.1, -0.05) is 18.2 Å². The Hall–Kier alpha value is -1.42. The summed E-state index contributed by atoms with van der Waals surface area (Å²) in [4.78, 5) is 12.4. The first-order valence-electron chi connectivity index (χ1n) is 6.04. The molecule has 2 N–H and O–H groups in total. The van der Waals surface area contributed by atoms with E-state index in [0.29, 0.717) is 5.82 Å². The number of aromatic nitrogens is 1. The first-order valence-corrected chi connectivity index (χ1v) is 7.43. The van der Waals surface area contributed by atoms with E-state index in [-0.39, 0.29) is 11.6 Å². The van der Waals surface area contributed by atoms with Gasteiger partial charge in [0.2, 0.25) is 0 Å². The van der Waals surface area contributed by atoms with Gasteiger partial charge in [-0.05, 0) is 42.9 Å². The molecule has 18 heavy (non-hydrogen) atoms. The molecule has 0 saturated carbocycles. The highest BCUT2D eigenvalue weighted by molar-refractivity contribution is 7.98. The number of nitrogens with zero attached hydrogens (tertiary/aromatic N) is 1. The highest BCUT2D eigenvalue weighted by Gasteiger charge is 2.12. The van der Waals surface area contributed by atoms with E-state index >= 15 is 0 Å². The lowest BCUT2D eigenvalue weighted by Gasteiger charge is -2.18. The monoisotopic (exact) mass is 262 g/mol. The van der Waals surface area contributed by atoms with E-state index in [9.17, 15) is 4.79 Å². The number of pyridine rings is 1. The Balaban J connectivity index is 2.54. The van der Waals surface area contributed by atoms with Crippen molar-refractivity contribution in [3.8, 4) is 0 Å². The van der Waals surface area contributed by atoms with Crippen molar-refractivity contribution in [1.82, 2.24) is 4.57 Å². The van der Waals surface area contributed by atoms with E-state index < -0.39 is 0 Å². The summed E-state index contributed by atoms with van der Waals surface area (Å²) in [6.07, 6.45) is 3.02. The molecule has 0 aliphatic rings. The fraction of sp³-hybridized carbons (Fsp3) is 0.357. The van der Waals surface area contributed by atoms with Gasteiger partial charge in [-0.15, -0.1) is 0 Å². The van der Waals surface area contributed by atoms with Crippen LogP contribution in [0.2, 0.25) is 0 Å². The molecule has 0 spiro atoms. The smallest absolute Gasteiger partial charge is 0.260 e. The van der Waals surface area contributed by atoms with Crippen LogP contribution in [0.25, 0.3) is 10.8 Å². The van der Waals surface area contributed by atoms with Crippen molar-refractivity contribution in [2.45, 2.75) is 19.4 Å². The molecule has 1 unspecified atom stereocenters. The van der Waals surface area contributed by atoms with Crippen molar-refractivity contribution in [1.29, 1.82) is 0 Å². The van der Waals surface area contributed by atoms with Crippen molar-refractivity contribution in [2.24, 2.45) is 0 Å². The number of hydrogen-bond acceptors (Lipinski definition) is 3. The van der Waals surface area contributed by atoms with Gasteiger partial charge in [-0.2, -0.15) is 11.8 Å². The normalized spacial score (nSPS) is 12.8. The lowest BCUT2D eigenvalue weighted by molar-refractivity contribution is 0.528. The predicted molar refractivity (Wildman–Crippen MR) is 80.3 cm³/mol. The minimum Gasteiger partial charge on any atom is -0.385 e. The van der Waals surface area contributed by atoms with Crippen molar-refractivity contribution >= 4 is 28.4 Å². The van der Waals surface area contributed by atoms with Gasteiger partial charge < -0.3 is 5.73 Å². The van der Waals surface area contributed by atoms with Crippen LogP contribution < -0.4 is 11.3 Å². The summed E-state index contributed by atoms with van der Waals surface area (Å²) in [7, 11) is 0. The number of rotatable bonds is 4. The molecule has 0 bridgehead atoms. The Morgan fingerprint density at radius 2 is 2.11 bits per heavy atom. The molecule has 1 aromatic heterocycles. The Bertz CT molecular complexity index is 606. The topological polar surface area (TPSA) is 48.0 Å². The number of anilines is 1. The molecular formula is C14H18N2OS. The summed E-state index contributed by atoms with van der Waals surface area (Å²) in [6.45, 7) is 2.04. The maximum Gasteiger partial charge on any atom is 0.260 e. The van der Waals surface area contributed by atoms with Gasteiger partial charge in [0.05, 0.1) is 0 Å². The first kappa shape index (κ1) is 13.0. The van der Waals surface area contributed by atoms with E-state index in [1.54, 1.807) is 16.3 Å². The lowest BCUT2D eigenvalue weighted by Crippen LogP contribution is -2.26. The number of fused-ring (bicyclic) bond motifs is 1. The predicted octanol–water partition coefficient (Wildman–Crippen LogP) is 2.90. The number of benzene rings is 1. The molecule has 0 aliphatic carbocycles. The number of nitrogen functional groups attached to an aromatic ring is 1. The van der Waals surface area contributed by atoms with Gasteiger partial charge in [-0.25, -0.2) is 0 Å². The molecule has 1 aromatic carbocycles. The molecule has 0 fully saturated rings. The summed E-state index contributed by atoms with van der Waals surface area (Å²) < 4.78 is 1.71. The van der Waals surface area contributed by atoms with Gasteiger partial charge in [0.1, 0.15) is 5.82 Å². The highest BCUT2D eigenvalue weighted by Crippen LogP contribution is 2.19. The Morgan fingerprint density at radius 3 is 2.83 bits per heavy atom. The average Bonchev–Trinajstić information content (AvgIpc) is 2.36. The molecule has 4 heteroatoms. The lowest BCUT2D eigenvalue weighted by atomic mass is 10.1. The standard InChI is InChI=1S/C14H18N2OS/c1-10(7-8-18-2)16-13(15)9-11-5-3-4-6-12(11)14(16)17/h3-6,9-10H,7-8,15H2,1-2H3. The second-order valence-corrected chi connectivity index (χ2v) is 5.45. The fourth-order valence-electron chi connectivity index (χ4n) is 2.17. The van der Waals surface area contributed by atoms with Crippen molar-refractivity contribution in [2.75, 3.05) is 17.7 Å². The zero-order valence-electron chi connectivity index (χ0n) is 10.7. The summed E-state index contributed by atoms with van der Waals surface area (Å²) in [5, 5.41) is 1.65. The molecule has 0 aliphatic heterocycles. The third-order valence-corrected chi connectivity index (χ3v) is 3.82. The zero-order valence-corrected chi connectivity index (χ0v) is 11.5. The summed E-state index contributed by atoms with van der Waals surface area (Å²) >= 11 is 1.78. The third-order valence-electron chi connectivity index (χ3n) is 3.17. The van der Waals surface area contributed by atoms with E-state index in [4.69, 9.17) is 5.73 Å². The van der Waals surface area contributed by atoms with E-state index in [1.165, 1.54) is 0 Å². The van der Waals surface area contributed by atoms with E-state index in [1.807, 2.05) is 37.3 Å². The summed E-state index contributed by atoms with van der Waals surface area (Å²) in [5.74, 6) is 1.58. The van der Waals surface area contributed by atoms with Crippen LogP contribution in [0.15, 0.2) is 35.1 Å². The van der Waals surface area contributed by atoms with Crippen LogP contribution in [0.5, 0.6) is 0 Å². The Morgan fingerprint density at radius 1 is 1.39 bits per heavy atom. The molecule has 0 amide bonds. The van der Waals surface area contributed by atoms with Crippen LogP contribution >= 0.6 is 11.8 Å². The van der Waals surface area contributed by atoms with Crippen molar-refractivity contribution < 1.29 is 0 Å². The van der Waals surface area contributed by atoms with Crippen LogP contribution in [0.1, 0.15) is 19.4 Å². The van der Waals surface area contributed by atoms with Gasteiger partial charge >= 0.3 is 0 Å². The molecule has 1 heterocycles. The molecule has 0 radical (unpaired) electrons. The van der Waals surface area contributed by atoms with Gasteiger partial charge in [0.15, 0.2) is 0 Å². The molecule has 1 atom stereocenters.